The third-order valence-electron chi connectivity index (χ3n) is 4.73. The Bertz CT molecular complexity index is 860. The van der Waals surface area contributed by atoms with Crippen LogP contribution in [-0.4, -0.2) is 36.1 Å². The van der Waals surface area contributed by atoms with E-state index in [0.29, 0.717) is 6.42 Å². The Morgan fingerprint density at radius 3 is 2.32 bits per heavy atom. The molecule has 146 valence electrons. The van der Waals surface area contributed by atoms with Gasteiger partial charge in [-0.1, -0.05) is 42.5 Å². The number of carboxylic acid groups (broad SMARTS) is 1. The van der Waals surface area contributed by atoms with E-state index in [2.05, 4.69) is 5.43 Å². The number of carbonyl (C=O) groups excluding carboxylic acids is 1. The van der Waals surface area contributed by atoms with Gasteiger partial charge in [-0.25, -0.2) is 5.01 Å². The van der Waals surface area contributed by atoms with E-state index in [-0.39, 0.29) is 24.8 Å². The summed E-state index contributed by atoms with van der Waals surface area (Å²) in [5, 5.41) is 10.4. The SMILES string of the molecule is CN(C)c1ccc([C@@H]2C=C(c3ccccc3)NN2C(=O)CCCC(=O)O)cc1. The molecule has 2 aromatic rings. The summed E-state index contributed by atoms with van der Waals surface area (Å²) in [5.74, 6) is -1.01. The van der Waals surface area contributed by atoms with Crippen molar-refractivity contribution in [2.45, 2.75) is 25.3 Å². The average molecular weight is 379 g/mol. The van der Waals surface area contributed by atoms with Gasteiger partial charge in [0.15, 0.2) is 0 Å². The highest BCUT2D eigenvalue weighted by molar-refractivity contribution is 5.81. The maximum Gasteiger partial charge on any atom is 0.303 e. The van der Waals surface area contributed by atoms with E-state index < -0.39 is 5.97 Å². The van der Waals surface area contributed by atoms with Crippen molar-refractivity contribution in [1.29, 1.82) is 0 Å². The fraction of sp³-hybridized carbons (Fsp3) is 0.273. The van der Waals surface area contributed by atoms with Gasteiger partial charge < -0.3 is 10.0 Å². The van der Waals surface area contributed by atoms with Crippen molar-refractivity contribution in [3.63, 3.8) is 0 Å². The van der Waals surface area contributed by atoms with Gasteiger partial charge in [0.2, 0.25) is 5.91 Å². The minimum Gasteiger partial charge on any atom is -0.481 e. The maximum absolute atomic E-state index is 12.8. The molecule has 0 aromatic heterocycles. The number of nitrogens with zero attached hydrogens (tertiary/aromatic N) is 2. The van der Waals surface area contributed by atoms with Crippen molar-refractivity contribution in [3.8, 4) is 0 Å². The summed E-state index contributed by atoms with van der Waals surface area (Å²) in [6.45, 7) is 0. The quantitative estimate of drug-likeness (QED) is 0.771. The van der Waals surface area contributed by atoms with Gasteiger partial charge in [-0.2, -0.15) is 0 Å². The van der Waals surface area contributed by atoms with Crippen LogP contribution in [0.4, 0.5) is 5.69 Å². The predicted molar refractivity (Wildman–Crippen MR) is 109 cm³/mol. The number of carbonyl (C=O) groups is 2. The Labute approximate surface area is 165 Å². The Morgan fingerprint density at radius 2 is 1.71 bits per heavy atom. The molecule has 2 aromatic carbocycles. The number of rotatable bonds is 7. The van der Waals surface area contributed by atoms with Crippen LogP contribution < -0.4 is 10.3 Å². The van der Waals surface area contributed by atoms with Gasteiger partial charge in [0.1, 0.15) is 0 Å². The van der Waals surface area contributed by atoms with Gasteiger partial charge in [-0.15, -0.1) is 0 Å². The molecule has 0 saturated heterocycles. The van der Waals surface area contributed by atoms with Crippen LogP contribution in [0.1, 0.15) is 36.4 Å². The largest absolute Gasteiger partial charge is 0.481 e. The minimum absolute atomic E-state index is 0.0131. The van der Waals surface area contributed by atoms with Gasteiger partial charge in [0, 0.05) is 32.6 Å². The fourth-order valence-corrected chi connectivity index (χ4v) is 3.19. The lowest BCUT2D eigenvalue weighted by atomic mass is 10.0. The molecule has 1 aliphatic rings. The van der Waals surface area contributed by atoms with Crippen molar-refractivity contribution in [2.24, 2.45) is 0 Å². The number of hydrazine groups is 1. The molecule has 6 nitrogen and oxygen atoms in total. The van der Waals surface area contributed by atoms with Crippen LogP contribution >= 0.6 is 0 Å². The van der Waals surface area contributed by atoms with E-state index in [9.17, 15) is 9.59 Å². The fourth-order valence-electron chi connectivity index (χ4n) is 3.19. The Kier molecular flexibility index (Phi) is 5.99. The second-order valence-electron chi connectivity index (χ2n) is 7.00. The summed E-state index contributed by atoms with van der Waals surface area (Å²) in [5.41, 5.74) is 7.17. The topological polar surface area (TPSA) is 72.9 Å². The normalized spacial score (nSPS) is 15.7. The molecule has 0 aliphatic carbocycles. The van der Waals surface area contributed by atoms with Crippen molar-refractivity contribution >= 4 is 23.3 Å². The summed E-state index contributed by atoms with van der Waals surface area (Å²) in [6.07, 6.45) is 2.52. The van der Waals surface area contributed by atoms with Crippen molar-refractivity contribution in [1.82, 2.24) is 10.4 Å². The van der Waals surface area contributed by atoms with E-state index in [0.717, 1.165) is 22.5 Å². The molecule has 1 amide bonds. The number of carboxylic acids is 1. The van der Waals surface area contributed by atoms with Gasteiger partial charge in [0.25, 0.3) is 0 Å². The summed E-state index contributed by atoms with van der Waals surface area (Å²) in [7, 11) is 3.97. The van der Waals surface area contributed by atoms with Gasteiger partial charge >= 0.3 is 5.97 Å². The molecular formula is C22H25N3O3. The maximum atomic E-state index is 12.8. The molecule has 3 rings (SSSR count). The van der Waals surface area contributed by atoms with Crippen molar-refractivity contribution in [3.05, 3.63) is 71.8 Å². The molecule has 0 spiro atoms. The van der Waals surface area contributed by atoms with E-state index in [4.69, 9.17) is 5.11 Å². The lowest BCUT2D eigenvalue weighted by Crippen LogP contribution is -2.39. The van der Waals surface area contributed by atoms with Crippen LogP contribution in [0.3, 0.4) is 0 Å². The first-order valence-corrected chi connectivity index (χ1v) is 9.31. The van der Waals surface area contributed by atoms with E-state index >= 15 is 0 Å². The third kappa shape index (κ3) is 4.52. The summed E-state index contributed by atoms with van der Waals surface area (Å²) >= 11 is 0. The molecule has 1 atom stereocenters. The second-order valence-corrected chi connectivity index (χ2v) is 7.00. The first kappa shape index (κ1) is 19.5. The molecule has 28 heavy (non-hydrogen) atoms. The summed E-state index contributed by atoms with van der Waals surface area (Å²) in [4.78, 5) is 25.6. The number of anilines is 1. The van der Waals surface area contributed by atoms with E-state index in [1.807, 2.05) is 79.7 Å². The molecule has 1 aliphatic heterocycles. The lowest BCUT2D eigenvalue weighted by Gasteiger charge is -2.26. The number of aliphatic carboxylic acids is 1. The molecular weight excluding hydrogens is 354 g/mol. The van der Waals surface area contributed by atoms with Crippen LogP contribution in [0.25, 0.3) is 5.70 Å². The minimum atomic E-state index is -0.888. The molecule has 6 heteroatoms. The zero-order valence-corrected chi connectivity index (χ0v) is 16.1. The molecule has 0 radical (unpaired) electrons. The number of nitrogens with one attached hydrogen (secondary N) is 1. The Morgan fingerprint density at radius 1 is 1.04 bits per heavy atom. The molecule has 0 bridgehead atoms. The summed E-state index contributed by atoms with van der Waals surface area (Å²) in [6, 6.07) is 17.7. The molecule has 0 saturated carbocycles. The Balaban J connectivity index is 1.85. The van der Waals surface area contributed by atoms with E-state index in [1.165, 1.54) is 0 Å². The highest BCUT2D eigenvalue weighted by Gasteiger charge is 2.30. The third-order valence-corrected chi connectivity index (χ3v) is 4.73. The first-order chi connectivity index (χ1) is 13.5. The molecule has 0 unspecified atom stereocenters. The molecule has 0 fully saturated rings. The average Bonchev–Trinajstić information content (AvgIpc) is 3.14. The van der Waals surface area contributed by atoms with Crippen LogP contribution in [0, 0.1) is 0 Å². The van der Waals surface area contributed by atoms with Gasteiger partial charge in [0.05, 0.1) is 11.7 Å². The molecule has 1 heterocycles. The van der Waals surface area contributed by atoms with Crippen LogP contribution in [-0.2, 0) is 9.59 Å². The standard InChI is InChI=1S/C22H25N3O3/c1-24(2)18-13-11-17(12-14-18)20-15-19(16-7-4-3-5-8-16)23-25(20)21(26)9-6-10-22(27)28/h3-5,7-8,11-15,20,23H,6,9-10H2,1-2H3,(H,27,28)/t20-/m0/s1. The zero-order valence-electron chi connectivity index (χ0n) is 16.1. The zero-order chi connectivity index (χ0) is 20.1. The lowest BCUT2D eigenvalue weighted by molar-refractivity contribution is -0.137. The van der Waals surface area contributed by atoms with Crippen molar-refractivity contribution < 1.29 is 14.7 Å². The van der Waals surface area contributed by atoms with Crippen molar-refractivity contribution in [2.75, 3.05) is 19.0 Å². The monoisotopic (exact) mass is 379 g/mol. The Hall–Kier alpha value is -3.28. The summed E-state index contributed by atoms with van der Waals surface area (Å²) < 4.78 is 0. The number of benzene rings is 2. The smallest absolute Gasteiger partial charge is 0.303 e. The van der Waals surface area contributed by atoms with Crippen LogP contribution in [0.5, 0.6) is 0 Å². The van der Waals surface area contributed by atoms with Crippen LogP contribution in [0.2, 0.25) is 0 Å². The number of amides is 1. The number of hydrogen-bond acceptors (Lipinski definition) is 4. The second kappa shape index (κ2) is 8.61. The van der Waals surface area contributed by atoms with Gasteiger partial charge in [-0.3, -0.25) is 15.0 Å². The first-order valence-electron chi connectivity index (χ1n) is 9.31. The number of hydrogen-bond donors (Lipinski definition) is 2. The van der Waals surface area contributed by atoms with Crippen LogP contribution in [0.15, 0.2) is 60.7 Å². The molecule has 2 N–H and O–H groups in total. The highest BCUT2D eigenvalue weighted by atomic mass is 16.4. The van der Waals surface area contributed by atoms with E-state index in [1.54, 1.807) is 5.01 Å². The highest BCUT2D eigenvalue weighted by Crippen LogP contribution is 2.32. The predicted octanol–water partition coefficient (Wildman–Crippen LogP) is 3.44. The van der Waals surface area contributed by atoms with Gasteiger partial charge in [-0.05, 0) is 35.8 Å².